The number of non-ortho nitro benzene ring substituents is 1. The Bertz CT molecular complexity index is 1020. The van der Waals surface area contributed by atoms with Crippen LogP contribution in [0.2, 0.25) is 0 Å². The van der Waals surface area contributed by atoms with Gasteiger partial charge in [0.1, 0.15) is 17.8 Å². The zero-order valence-electron chi connectivity index (χ0n) is 14.7. The lowest BCUT2D eigenvalue weighted by Gasteiger charge is -2.02. The molecule has 3 aromatic rings. The molecule has 0 spiro atoms. The number of benzene rings is 1. The topological polar surface area (TPSA) is 115 Å². The maximum absolute atomic E-state index is 12.2. The van der Waals surface area contributed by atoms with Crippen molar-refractivity contribution in [3.63, 3.8) is 0 Å². The molecule has 9 heteroatoms. The molecule has 0 aliphatic carbocycles. The lowest BCUT2D eigenvalue weighted by molar-refractivity contribution is -0.384. The van der Waals surface area contributed by atoms with Gasteiger partial charge in [-0.15, -0.1) is 0 Å². The first-order valence-corrected chi connectivity index (χ1v) is 8.01. The molecule has 1 aromatic carbocycles. The number of nitro groups is 1. The zero-order valence-corrected chi connectivity index (χ0v) is 14.7. The van der Waals surface area contributed by atoms with E-state index in [1.165, 1.54) is 18.5 Å². The number of imidazole rings is 1. The number of carbonyl (C=O) groups is 1. The average molecular weight is 364 g/mol. The van der Waals surface area contributed by atoms with Crippen molar-refractivity contribution in [2.45, 2.75) is 13.8 Å². The van der Waals surface area contributed by atoms with Crippen molar-refractivity contribution in [1.82, 2.24) is 20.0 Å². The number of pyridine rings is 1. The van der Waals surface area contributed by atoms with Gasteiger partial charge in [0.2, 0.25) is 0 Å². The van der Waals surface area contributed by atoms with Crippen LogP contribution in [0.5, 0.6) is 0 Å². The fourth-order valence-electron chi connectivity index (χ4n) is 2.32. The van der Waals surface area contributed by atoms with E-state index < -0.39 is 10.8 Å². The van der Waals surface area contributed by atoms with Crippen molar-refractivity contribution in [2.24, 2.45) is 5.10 Å². The normalized spacial score (nSPS) is 11.3. The van der Waals surface area contributed by atoms with Crippen LogP contribution in [-0.4, -0.2) is 31.1 Å². The molecule has 0 aliphatic rings. The highest BCUT2D eigenvalue weighted by Crippen LogP contribution is 2.12. The van der Waals surface area contributed by atoms with E-state index in [0.717, 1.165) is 5.69 Å². The summed E-state index contributed by atoms with van der Waals surface area (Å²) in [6.07, 6.45) is 3.07. The number of hydrazone groups is 1. The molecular weight excluding hydrogens is 348 g/mol. The fraction of sp³-hybridized carbons (Fsp3) is 0.111. The molecule has 1 N–H and O–H groups in total. The van der Waals surface area contributed by atoms with E-state index in [0.29, 0.717) is 17.1 Å². The highest BCUT2D eigenvalue weighted by Gasteiger charge is 2.11. The number of aryl methyl sites for hydroxylation is 1. The summed E-state index contributed by atoms with van der Waals surface area (Å²) in [7, 11) is 0. The Labute approximate surface area is 154 Å². The summed E-state index contributed by atoms with van der Waals surface area (Å²) in [5, 5.41) is 14.7. The predicted octanol–water partition coefficient (Wildman–Crippen LogP) is 2.64. The maximum atomic E-state index is 12.2. The first kappa shape index (κ1) is 17.9. The third-order valence-corrected chi connectivity index (χ3v) is 3.77. The molecule has 3 rings (SSSR count). The molecule has 0 fully saturated rings. The van der Waals surface area contributed by atoms with Crippen molar-refractivity contribution in [3.05, 3.63) is 82.1 Å². The van der Waals surface area contributed by atoms with Gasteiger partial charge in [0.05, 0.1) is 10.6 Å². The molecule has 2 heterocycles. The number of rotatable bonds is 5. The van der Waals surface area contributed by atoms with Crippen molar-refractivity contribution in [1.29, 1.82) is 0 Å². The summed E-state index contributed by atoms with van der Waals surface area (Å²) in [5.74, 6) is 0.190. The van der Waals surface area contributed by atoms with Gasteiger partial charge in [-0.25, -0.2) is 15.4 Å². The Kier molecular flexibility index (Phi) is 5.02. The van der Waals surface area contributed by atoms with Gasteiger partial charge in [0.25, 0.3) is 11.6 Å². The van der Waals surface area contributed by atoms with E-state index in [1.807, 2.05) is 25.1 Å². The summed E-state index contributed by atoms with van der Waals surface area (Å²) >= 11 is 0. The van der Waals surface area contributed by atoms with Gasteiger partial charge in [-0.1, -0.05) is 6.07 Å². The minimum absolute atomic E-state index is 0.00844. The van der Waals surface area contributed by atoms with Gasteiger partial charge >= 0.3 is 0 Å². The highest BCUT2D eigenvalue weighted by atomic mass is 16.6. The van der Waals surface area contributed by atoms with E-state index >= 15 is 0 Å². The largest absolute Gasteiger partial charge is 0.291 e. The van der Waals surface area contributed by atoms with Crippen LogP contribution in [0.4, 0.5) is 5.69 Å². The molecule has 0 saturated carbocycles. The number of nitrogens with one attached hydrogen (secondary N) is 1. The second-order valence-electron chi connectivity index (χ2n) is 5.75. The number of hydrogen-bond acceptors (Lipinski definition) is 6. The van der Waals surface area contributed by atoms with Crippen LogP contribution in [0.15, 0.2) is 60.1 Å². The van der Waals surface area contributed by atoms with Crippen LogP contribution in [0.1, 0.15) is 28.7 Å². The molecular formula is C18H16N6O3. The van der Waals surface area contributed by atoms with Crippen molar-refractivity contribution in [2.75, 3.05) is 0 Å². The molecule has 0 bridgehead atoms. The second-order valence-corrected chi connectivity index (χ2v) is 5.75. The van der Waals surface area contributed by atoms with E-state index in [-0.39, 0.29) is 11.4 Å². The van der Waals surface area contributed by atoms with E-state index in [1.54, 1.807) is 29.8 Å². The van der Waals surface area contributed by atoms with Crippen LogP contribution >= 0.6 is 0 Å². The zero-order chi connectivity index (χ0) is 19.4. The first-order chi connectivity index (χ1) is 12.9. The van der Waals surface area contributed by atoms with Gasteiger partial charge in [0.15, 0.2) is 0 Å². The Morgan fingerprint density at radius 1 is 1.22 bits per heavy atom. The van der Waals surface area contributed by atoms with Gasteiger partial charge in [-0.05, 0) is 43.7 Å². The standard InChI is InChI=1S/C18H16N6O3/c1-12-4-3-5-17(20-12)23-10-16(19-11-23)18(25)22-21-13(2)14-6-8-15(9-7-14)24(26)27/h3-11H,1-2H3,(H,22,25). The minimum Gasteiger partial charge on any atom is -0.290 e. The summed E-state index contributed by atoms with van der Waals surface area (Å²) in [6, 6.07) is 11.5. The predicted molar refractivity (Wildman–Crippen MR) is 98.9 cm³/mol. The number of aromatic nitrogens is 3. The summed E-state index contributed by atoms with van der Waals surface area (Å²) in [5.41, 5.74) is 4.65. The number of carbonyl (C=O) groups excluding carboxylic acids is 1. The maximum Gasteiger partial charge on any atom is 0.291 e. The quantitative estimate of drug-likeness (QED) is 0.424. The summed E-state index contributed by atoms with van der Waals surface area (Å²) in [4.78, 5) is 30.9. The minimum atomic E-state index is -0.475. The number of hydrogen-bond donors (Lipinski definition) is 1. The molecule has 2 aromatic heterocycles. The lowest BCUT2D eigenvalue weighted by Crippen LogP contribution is -2.19. The third kappa shape index (κ3) is 4.21. The van der Waals surface area contributed by atoms with Crippen molar-refractivity contribution in [3.8, 4) is 5.82 Å². The van der Waals surface area contributed by atoms with Crippen LogP contribution in [0, 0.1) is 17.0 Å². The van der Waals surface area contributed by atoms with Crippen molar-refractivity contribution >= 4 is 17.3 Å². The highest BCUT2D eigenvalue weighted by molar-refractivity contribution is 6.00. The summed E-state index contributed by atoms with van der Waals surface area (Å²) in [6.45, 7) is 3.57. The summed E-state index contributed by atoms with van der Waals surface area (Å²) < 4.78 is 1.65. The fourth-order valence-corrected chi connectivity index (χ4v) is 2.32. The van der Waals surface area contributed by atoms with Crippen LogP contribution in [0.25, 0.3) is 5.82 Å². The number of nitro benzene ring substituents is 1. The number of amides is 1. The molecule has 0 unspecified atom stereocenters. The Morgan fingerprint density at radius 2 is 1.96 bits per heavy atom. The van der Waals surface area contributed by atoms with Gasteiger partial charge in [-0.2, -0.15) is 5.10 Å². The second kappa shape index (κ2) is 7.56. The third-order valence-electron chi connectivity index (χ3n) is 3.77. The first-order valence-electron chi connectivity index (χ1n) is 8.01. The number of nitrogens with zero attached hydrogens (tertiary/aromatic N) is 5. The lowest BCUT2D eigenvalue weighted by atomic mass is 10.1. The molecule has 9 nitrogen and oxygen atoms in total. The average Bonchev–Trinajstić information content (AvgIpc) is 3.16. The Hall–Kier alpha value is -3.88. The van der Waals surface area contributed by atoms with Crippen LogP contribution in [-0.2, 0) is 0 Å². The Morgan fingerprint density at radius 3 is 2.63 bits per heavy atom. The SMILES string of the molecule is CC(=NNC(=O)c1cn(-c2cccc(C)n2)cn1)c1ccc([N+](=O)[O-])cc1. The van der Waals surface area contributed by atoms with Gasteiger partial charge < -0.3 is 0 Å². The van der Waals surface area contributed by atoms with Gasteiger partial charge in [-0.3, -0.25) is 19.5 Å². The molecule has 0 atom stereocenters. The monoisotopic (exact) mass is 364 g/mol. The molecule has 1 amide bonds. The molecule has 136 valence electrons. The smallest absolute Gasteiger partial charge is 0.290 e. The molecule has 0 radical (unpaired) electrons. The molecule has 0 aliphatic heterocycles. The van der Waals surface area contributed by atoms with Crippen LogP contribution in [0.3, 0.4) is 0 Å². The van der Waals surface area contributed by atoms with E-state index in [9.17, 15) is 14.9 Å². The van der Waals surface area contributed by atoms with E-state index in [2.05, 4.69) is 20.5 Å². The van der Waals surface area contributed by atoms with Crippen LogP contribution < -0.4 is 5.43 Å². The Balaban J connectivity index is 1.70. The van der Waals surface area contributed by atoms with Gasteiger partial charge in [0, 0.05) is 24.0 Å². The van der Waals surface area contributed by atoms with E-state index in [4.69, 9.17) is 0 Å². The molecule has 0 saturated heterocycles. The molecule has 27 heavy (non-hydrogen) atoms. The van der Waals surface area contributed by atoms with Crippen molar-refractivity contribution < 1.29 is 9.72 Å².